The minimum atomic E-state index is -0.967. The second-order valence-corrected chi connectivity index (χ2v) is 3.76. The molecule has 0 aromatic heterocycles. The Hall–Kier alpha value is -0.750. The average molecular weight is 219 g/mol. The quantitative estimate of drug-likeness (QED) is 0.315. The van der Waals surface area contributed by atoms with Gasteiger partial charge >= 0.3 is 5.97 Å². The molecular formula is C8H17N3O2S. The number of hydrogen-bond donors (Lipinski definition) is 3. The number of nitrogens with two attached hydrogens (primary N) is 2. The zero-order valence-electron chi connectivity index (χ0n) is 8.27. The number of aliphatic carboxylic acids is 1. The Morgan fingerprint density at radius 3 is 2.79 bits per heavy atom. The van der Waals surface area contributed by atoms with Crippen LogP contribution < -0.4 is 11.5 Å². The van der Waals surface area contributed by atoms with E-state index in [2.05, 4.69) is 4.99 Å². The molecule has 0 spiro atoms. The Labute approximate surface area is 87.9 Å². The maximum Gasteiger partial charge on any atom is 0.320 e. The molecule has 0 saturated heterocycles. The van der Waals surface area contributed by atoms with Crippen LogP contribution in [0.1, 0.15) is 12.8 Å². The third-order valence-electron chi connectivity index (χ3n) is 1.60. The first-order valence-corrected chi connectivity index (χ1v) is 5.73. The molecule has 5 N–H and O–H groups in total. The van der Waals surface area contributed by atoms with E-state index in [4.69, 9.17) is 16.6 Å². The summed E-state index contributed by atoms with van der Waals surface area (Å²) in [5.74, 6) is 0.345. The van der Waals surface area contributed by atoms with Crippen LogP contribution in [0.5, 0.6) is 0 Å². The number of nitrogens with zero attached hydrogens (tertiary/aromatic N) is 1. The van der Waals surface area contributed by atoms with E-state index in [9.17, 15) is 4.79 Å². The van der Waals surface area contributed by atoms with Crippen molar-refractivity contribution in [2.45, 2.75) is 18.9 Å². The lowest BCUT2D eigenvalue weighted by Gasteiger charge is -2.04. The van der Waals surface area contributed by atoms with Gasteiger partial charge in [0, 0.05) is 6.54 Å². The van der Waals surface area contributed by atoms with Gasteiger partial charge in [0.2, 0.25) is 0 Å². The third-order valence-corrected chi connectivity index (χ3v) is 2.18. The van der Waals surface area contributed by atoms with Gasteiger partial charge in [-0.25, -0.2) is 0 Å². The molecule has 0 aliphatic heterocycles. The molecule has 6 heteroatoms. The van der Waals surface area contributed by atoms with Gasteiger partial charge in [-0.1, -0.05) is 0 Å². The topological polar surface area (TPSA) is 102 Å². The Kier molecular flexibility index (Phi) is 7.23. The lowest BCUT2D eigenvalue weighted by Crippen LogP contribution is -2.30. The van der Waals surface area contributed by atoms with Crippen molar-refractivity contribution < 1.29 is 9.90 Å². The predicted octanol–water partition coefficient (Wildman–Crippen LogP) is -0.101. The SMILES string of the molecule is CSCC(N)=NCCC[C@H](N)C(=O)O. The molecule has 0 aromatic carbocycles. The van der Waals surface area contributed by atoms with Crippen LogP contribution in [0.2, 0.25) is 0 Å². The molecule has 0 aromatic rings. The van der Waals surface area contributed by atoms with Crippen molar-refractivity contribution in [2.24, 2.45) is 16.5 Å². The lowest BCUT2D eigenvalue weighted by molar-refractivity contribution is -0.138. The number of thioether (sulfide) groups is 1. The summed E-state index contributed by atoms with van der Waals surface area (Å²) in [7, 11) is 0. The van der Waals surface area contributed by atoms with Crippen molar-refractivity contribution >= 4 is 23.6 Å². The van der Waals surface area contributed by atoms with E-state index in [1.807, 2.05) is 6.26 Å². The normalized spacial score (nSPS) is 14.0. The first-order valence-electron chi connectivity index (χ1n) is 4.34. The summed E-state index contributed by atoms with van der Waals surface area (Å²) in [6.45, 7) is 0.549. The fraction of sp³-hybridized carbons (Fsp3) is 0.750. The average Bonchev–Trinajstić information content (AvgIpc) is 2.12. The monoisotopic (exact) mass is 219 g/mol. The van der Waals surface area contributed by atoms with Gasteiger partial charge in [0.15, 0.2) is 0 Å². The zero-order valence-corrected chi connectivity index (χ0v) is 9.09. The molecule has 0 aliphatic carbocycles. The van der Waals surface area contributed by atoms with E-state index in [-0.39, 0.29) is 0 Å². The van der Waals surface area contributed by atoms with Crippen LogP contribution in [-0.4, -0.2) is 41.5 Å². The lowest BCUT2D eigenvalue weighted by atomic mass is 10.2. The summed E-state index contributed by atoms with van der Waals surface area (Å²) >= 11 is 1.60. The van der Waals surface area contributed by atoms with Crippen LogP contribution in [0.3, 0.4) is 0 Å². The Balaban J connectivity index is 3.55. The first-order chi connectivity index (χ1) is 6.57. The molecule has 5 nitrogen and oxygen atoms in total. The fourth-order valence-corrected chi connectivity index (χ4v) is 1.24. The minimum absolute atomic E-state index is 0.436. The van der Waals surface area contributed by atoms with Gasteiger partial charge in [-0.05, 0) is 19.1 Å². The molecule has 0 unspecified atom stereocenters. The van der Waals surface area contributed by atoms with Gasteiger partial charge in [0.25, 0.3) is 0 Å². The van der Waals surface area contributed by atoms with Gasteiger partial charge in [-0.3, -0.25) is 9.79 Å². The van der Waals surface area contributed by atoms with Gasteiger partial charge in [-0.15, -0.1) is 0 Å². The minimum Gasteiger partial charge on any atom is -0.480 e. The van der Waals surface area contributed by atoms with Crippen LogP contribution in [0.15, 0.2) is 4.99 Å². The molecular weight excluding hydrogens is 202 g/mol. The molecule has 0 amide bonds. The molecule has 1 atom stereocenters. The van der Waals surface area contributed by atoms with Gasteiger partial charge in [0.05, 0.1) is 5.75 Å². The van der Waals surface area contributed by atoms with Crippen molar-refractivity contribution in [3.05, 3.63) is 0 Å². The van der Waals surface area contributed by atoms with E-state index in [0.717, 1.165) is 0 Å². The summed E-state index contributed by atoms with van der Waals surface area (Å²) < 4.78 is 0. The van der Waals surface area contributed by atoms with E-state index >= 15 is 0 Å². The highest BCUT2D eigenvalue weighted by molar-refractivity contribution is 7.99. The molecule has 0 heterocycles. The highest BCUT2D eigenvalue weighted by atomic mass is 32.2. The Morgan fingerprint density at radius 1 is 1.64 bits per heavy atom. The van der Waals surface area contributed by atoms with Gasteiger partial charge in [-0.2, -0.15) is 11.8 Å². The van der Waals surface area contributed by atoms with Crippen LogP contribution in [0, 0.1) is 0 Å². The van der Waals surface area contributed by atoms with E-state index in [1.165, 1.54) is 0 Å². The molecule has 0 fully saturated rings. The first kappa shape index (κ1) is 13.2. The summed E-state index contributed by atoms with van der Waals surface area (Å²) in [5.41, 5.74) is 10.9. The van der Waals surface area contributed by atoms with E-state index in [0.29, 0.717) is 31.0 Å². The number of carbonyl (C=O) groups is 1. The van der Waals surface area contributed by atoms with Crippen molar-refractivity contribution in [1.82, 2.24) is 0 Å². The molecule has 14 heavy (non-hydrogen) atoms. The highest BCUT2D eigenvalue weighted by Gasteiger charge is 2.09. The van der Waals surface area contributed by atoms with Gasteiger partial charge in [0.1, 0.15) is 11.9 Å². The second-order valence-electron chi connectivity index (χ2n) is 2.89. The molecule has 0 rings (SSSR count). The zero-order chi connectivity index (χ0) is 11.0. The molecule has 0 bridgehead atoms. The number of amidine groups is 1. The highest BCUT2D eigenvalue weighted by Crippen LogP contribution is 1.96. The van der Waals surface area contributed by atoms with E-state index in [1.54, 1.807) is 11.8 Å². The van der Waals surface area contributed by atoms with Crippen LogP contribution in [0.4, 0.5) is 0 Å². The maximum atomic E-state index is 10.3. The molecule has 0 radical (unpaired) electrons. The second kappa shape index (κ2) is 7.64. The number of rotatable bonds is 7. The number of carboxylic acid groups (broad SMARTS) is 1. The van der Waals surface area contributed by atoms with Crippen LogP contribution in [-0.2, 0) is 4.79 Å². The Bertz CT molecular complexity index is 209. The summed E-state index contributed by atoms with van der Waals surface area (Å²) in [5, 5.41) is 8.49. The fourth-order valence-electron chi connectivity index (χ4n) is 0.851. The molecule has 0 saturated carbocycles. The van der Waals surface area contributed by atoms with Crippen molar-refractivity contribution in [3.8, 4) is 0 Å². The van der Waals surface area contributed by atoms with E-state index < -0.39 is 12.0 Å². The summed E-state index contributed by atoms with van der Waals surface area (Å²) in [6.07, 6.45) is 3.04. The largest absolute Gasteiger partial charge is 0.480 e. The van der Waals surface area contributed by atoms with Crippen LogP contribution in [0.25, 0.3) is 0 Å². The summed E-state index contributed by atoms with van der Waals surface area (Å²) in [6, 6.07) is -0.785. The maximum absolute atomic E-state index is 10.3. The van der Waals surface area contributed by atoms with Crippen molar-refractivity contribution in [2.75, 3.05) is 18.6 Å². The third kappa shape index (κ3) is 6.73. The number of aliphatic imine (C=N–C) groups is 1. The summed E-state index contributed by atoms with van der Waals surface area (Å²) in [4.78, 5) is 14.4. The van der Waals surface area contributed by atoms with Crippen molar-refractivity contribution in [1.29, 1.82) is 0 Å². The number of carboxylic acids is 1. The van der Waals surface area contributed by atoms with Gasteiger partial charge < -0.3 is 16.6 Å². The van der Waals surface area contributed by atoms with Crippen molar-refractivity contribution in [3.63, 3.8) is 0 Å². The standard InChI is InChI=1S/C8H17N3O2S/c1-14-5-7(10)11-4-2-3-6(9)8(12)13/h6H,2-5,9H2,1H3,(H2,10,11)(H,12,13)/t6-/m0/s1. The van der Waals surface area contributed by atoms with Crippen LogP contribution >= 0.6 is 11.8 Å². The molecule has 82 valence electrons. The smallest absolute Gasteiger partial charge is 0.320 e. The Morgan fingerprint density at radius 2 is 2.29 bits per heavy atom. The molecule has 0 aliphatic rings. The number of hydrogen-bond acceptors (Lipinski definition) is 4. The predicted molar refractivity (Wildman–Crippen MR) is 59.7 cm³/mol.